The van der Waals surface area contributed by atoms with Crippen LogP contribution in [-0.2, 0) is 11.3 Å². The molecule has 5 aromatic rings. The maximum atomic E-state index is 14.9. The number of nitrogens with one attached hydrogen (secondary N) is 3. The lowest BCUT2D eigenvalue weighted by Gasteiger charge is -2.14. The molecule has 212 valence electrons. The number of anilines is 3. The van der Waals surface area contributed by atoms with Crippen molar-refractivity contribution in [2.75, 3.05) is 23.1 Å². The Morgan fingerprint density at radius 3 is 2.33 bits per heavy atom. The fourth-order valence-electron chi connectivity index (χ4n) is 3.98. The first-order valence-corrected chi connectivity index (χ1v) is 12.6. The van der Waals surface area contributed by atoms with Crippen molar-refractivity contribution in [2.24, 2.45) is 0 Å². The number of nitrogens with zero attached hydrogens (tertiary/aromatic N) is 1. The number of hydrogen-bond acceptors (Lipinski definition) is 6. The summed E-state index contributed by atoms with van der Waals surface area (Å²) in [5.74, 6) is -0.360. The molecule has 0 aliphatic rings. The Hall–Kier alpha value is -5.71. The van der Waals surface area contributed by atoms with Crippen molar-refractivity contribution < 1.29 is 32.6 Å². The van der Waals surface area contributed by atoms with Gasteiger partial charge in [-0.3, -0.25) is 10.3 Å². The highest BCUT2D eigenvalue weighted by Gasteiger charge is 2.15. The van der Waals surface area contributed by atoms with Crippen LogP contribution < -0.4 is 25.4 Å². The number of carbonyl (C=O) groups excluding carboxylic acids is 2. The Morgan fingerprint density at radius 2 is 1.60 bits per heavy atom. The van der Waals surface area contributed by atoms with E-state index in [0.29, 0.717) is 33.8 Å². The van der Waals surface area contributed by atoms with Crippen molar-refractivity contribution in [3.63, 3.8) is 0 Å². The molecule has 9 nitrogen and oxygen atoms in total. The molecule has 4 aromatic carbocycles. The van der Waals surface area contributed by atoms with E-state index in [2.05, 4.69) is 20.9 Å². The molecule has 11 heteroatoms. The third kappa shape index (κ3) is 6.89. The molecule has 3 N–H and O–H groups in total. The average molecular weight is 571 g/mol. The SMILES string of the molecule is COc1cc2nccc(Oc3ccc(NC(=O)Nc4ccc(F)cc4)c(F)c3)c2cc1NC(=O)OCc1ccccc1. The second-order valence-electron chi connectivity index (χ2n) is 8.90. The molecule has 0 saturated carbocycles. The number of fused-ring (bicyclic) bond motifs is 1. The number of halogens is 2. The zero-order chi connectivity index (χ0) is 29.5. The largest absolute Gasteiger partial charge is 0.494 e. The van der Waals surface area contributed by atoms with Gasteiger partial charge in [-0.2, -0.15) is 0 Å². The molecule has 1 aromatic heterocycles. The Labute approximate surface area is 239 Å². The van der Waals surface area contributed by atoms with E-state index in [-0.39, 0.29) is 18.0 Å². The molecule has 0 atom stereocenters. The second-order valence-corrected chi connectivity index (χ2v) is 8.90. The molecule has 0 bridgehead atoms. The van der Waals surface area contributed by atoms with E-state index >= 15 is 0 Å². The lowest BCUT2D eigenvalue weighted by Crippen LogP contribution is -2.20. The highest BCUT2D eigenvalue weighted by molar-refractivity contribution is 6.00. The van der Waals surface area contributed by atoms with Crippen LogP contribution in [0, 0.1) is 11.6 Å². The van der Waals surface area contributed by atoms with Gasteiger partial charge in [-0.1, -0.05) is 30.3 Å². The van der Waals surface area contributed by atoms with Gasteiger partial charge in [0.2, 0.25) is 0 Å². The Balaban J connectivity index is 1.30. The minimum Gasteiger partial charge on any atom is -0.494 e. The maximum absolute atomic E-state index is 14.9. The first kappa shape index (κ1) is 27.8. The molecule has 42 heavy (non-hydrogen) atoms. The van der Waals surface area contributed by atoms with Crippen molar-refractivity contribution in [1.29, 1.82) is 0 Å². The number of rotatable bonds is 8. The van der Waals surface area contributed by atoms with Crippen molar-refractivity contribution in [3.05, 3.63) is 114 Å². The molecule has 0 aliphatic heterocycles. The number of urea groups is 1. The number of hydrogen-bond donors (Lipinski definition) is 3. The van der Waals surface area contributed by atoms with Crippen LogP contribution in [0.4, 0.5) is 35.4 Å². The molecule has 1 heterocycles. The van der Waals surface area contributed by atoms with Crippen molar-refractivity contribution >= 4 is 40.1 Å². The number of aromatic nitrogens is 1. The first-order valence-electron chi connectivity index (χ1n) is 12.6. The smallest absolute Gasteiger partial charge is 0.412 e. The van der Waals surface area contributed by atoms with Crippen LogP contribution in [0.3, 0.4) is 0 Å². The molecule has 0 saturated heterocycles. The lowest BCUT2D eigenvalue weighted by atomic mass is 10.1. The van der Waals surface area contributed by atoms with Gasteiger partial charge in [-0.25, -0.2) is 18.4 Å². The number of benzene rings is 4. The van der Waals surface area contributed by atoms with E-state index in [0.717, 1.165) is 11.6 Å². The summed E-state index contributed by atoms with van der Waals surface area (Å²) in [7, 11) is 1.46. The molecule has 0 spiro atoms. The summed E-state index contributed by atoms with van der Waals surface area (Å²) in [6.45, 7) is 0.0861. The van der Waals surface area contributed by atoms with Crippen LogP contribution in [0.2, 0.25) is 0 Å². The standard InChI is InChI=1S/C31H24F2N4O5/c1-40-29-17-26-23(16-27(29)37-31(39)41-18-19-5-3-2-4-6-19)28(13-14-34-26)42-22-11-12-25(24(33)15-22)36-30(38)35-21-9-7-20(32)8-10-21/h2-17H,18H2,1H3,(H,37,39)(H2,35,36,38). The van der Waals surface area contributed by atoms with Crippen LogP contribution in [0.25, 0.3) is 10.9 Å². The monoisotopic (exact) mass is 570 g/mol. The molecule has 0 aliphatic carbocycles. The first-order chi connectivity index (χ1) is 20.4. The molecular formula is C31H24F2N4O5. The van der Waals surface area contributed by atoms with Crippen LogP contribution in [0.15, 0.2) is 97.2 Å². The molecule has 0 fully saturated rings. The lowest BCUT2D eigenvalue weighted by molar-refractivity contribution is 0.155. The highest BCUT2D eigenvalue weighted by atomic mass is 19.1. The quantitative estimate of drug-likeness (QED) is 0.176. The van der Waals surface area contributed by atoms with Gasteiger partial charge >= 0.3 is 12.1 Å². The van der Waals surface area contributed by atoms with Crippen molar-refractivity contribution in [2.45, 2.75) is 6.61 Å². The van der Waals surface area contributed by atoms with Crippen molar-refractivity contribution in [3.8, 4) is 17.2 Å². The molecular weight excluding hydrogens is 546 g/mol. The molecule has 0 radical (unpaired) electrons. The number of amides is 3. The summed E-state index contributed by atoms with van der Waals surface area (Å²) in [6, 6.07) is 22.5. The highest BCUT2D eigenvalue weighted by Crippen LogP contribution is 2.36. The third-order valence-electron chi connectivity index (χ3n) is 5.99. The van der Waals surface area contributed by atoms with Crippen LogP contribution in [0.1, 0.15) is 5.56 Å². The van der Waals surface area contributed by atoms with Crippen LogP contribution in [-0.4, -0.2) is 24.2 Å². The Morgan fingerprint density at radius 1 is 0.810 bits per heavy atom. The van der Waals surface area contributed by atoms with Gasteiger partial charge in [0.15, 0.2) is 0 Å². The van der Waals surface area contributed by atoms with E-state index in [1.807, 2.05) is 30.3 Å². The second kappa shape index (κ2) is 12.6. The fraction of sp³-hybridized carbons (Fsp3) is 0.0645. The van der Waals surface area contributed by atoms with E-state index in [9.17, 15) is 18.4 Å². The van der Waals surface area contributed by atoms with Gasteiger partial charge < -0.3 is 24.8 Å². The summed E-state index contributed by atoms with van der Waals surface area (Å²) < 4.78 is 44.6. The summed E-state index contributed by atoms with van der Waals surface area (Å²) >= 11 is 0. The minimum absolute atomic E-state index is 0.0861. The minimum atomic E-state index is -0.745. The van der Waals surface area contributed by atoms with Gasteiger partial charge in [0.05, 0.1) is 24.0 Å². The average Bonchev–Trinajstić information content (AvgIpc) is 2.99. The molecule has 5 rings (SSSR count). The summed E-state index contributed by atoms with van der Waals surface area (Å²) in [4.78, 5) is 29.1. The van der Waals surface area contributed by atoms with Gasteiger partial charge in [0.25, 0.3) is 0 Å². The van der Waals surface area contributed by atoms with E-state index < -0.39 is 23.8 Å². The summed E-state index contributed by atoms with van der Waals surface area (Å²) in [5.41, 5.74) is 1.91. The summed E-state index contributed by atoms with van der Waals surface area (Å²) in [5, 5.41) is 8.08. The third-order valence-corrected chi connectivity index (χ3v) is 5.99. The van der Waals surface area contributed by atoms with Crippen LogP contribution in [0.5, 0.6) is 17.2 Å². The zero-order valence-electron chi connectivity index (χ0n) is 22.2. The topological polar surface area (TPSA) is 111 Å². The molecule has 3 amide bonds. The summed E-state index contributed by atoms with van der Waals surface area (Å²) in [6.07, 6.45) is 0.834. The van der Waals surface area contributed by atoms with E-state index in [1.165, 1.54) is 49.7 Å². The number of carbonyl (C=O) groups is 2. The molecule has 0 unspecified atom stereocenters. The maximum Gasteiger partial charge on any atom is 0.412 e. The Kier molecular flexibility index (Phi) is 8.38. The fourth-order valence-corrected chi connectivity index (χ4v) is 3.98. The van der Waals surface area contributed by atoms with Gasteiger partial charge in [-0.05, 0) is 54.1 Å². The van der Waals surface area contributed by atoms with Crippen molar-refractivity contribution in [1.82, 2.24) is 4.98 Å². The van der Waals surface area contributed by atoms with E-state index in [4.69, 9.17) is 14.2 Å². The predicted molar refractivity (Wildman–Crippen MR) is 154 cm³/mol. The number of ether oxygens (including phenoxy) is 3. The number of methoxy groups -OCH3 is 1. The normalized spacial score (nSPS) is 10.5. The predicted octanol–water partition coefficient (Wildman–Crippen LogP) is 7.71. The van der Waals surface area contributed by atoms with E-state index in [1.54, 1.807) is 18.2 Å². The van der Waals surface area contributed by atoms with Gasteiger partial charge in [0.1, 0.15) is 35.5 Å². The van der Waals surface area contributed by atoms with Gasteiger partial charge in [0, 0.05) is 29.4 Å². The van der Waals surface area contributed by atoms with Crippen LogP contribution >= 0.6 is 0 Å². The zero-order valence-corrected chi connectivity index (χ0v) is 22.2. The Bertz CT molecular complexity index is 1730. The van der Waals surface area contributed by atoms with Gasteiger partial charge in [-0.15, -0.1) is 0 Å². The number of pyridine rings is 1.